The van der Waals surface area contributed by atoms with E-state index in [1.54, 1.807) is 0 Å². The second-order valence-corrected chi connectivity index (χ2v) is 22.7. The zero-order valence-electron chi connectivity index (χ0n) is 50.6. The van der Waals surface area contributed by atoms with Crippen molar-refractivity contribution in [3.8, 4) is 0 Å². The number of allylic oxidation sites excluding steroid dienone is 6. The van der Waals surface area contributed by atoms with Gasteiger partial charge in [0.05, 0.1) is 0 Å². The summed E-state index contributed by atoms with van der Waals surface area (Å²) in [6.45, 7) is 6.67. The Kier molecular flexibility index (Phi) is 62.1. The van der Waals surface area contributed by atoms with Crippen LogP contribution < -0.4 is 0 Å². The number of carbonyl (C=O) groups excluding carboxylic acids is 3. The van der Waals surface area contributed by atoms with Crippen LogP contribution in [0.25, 0.3) is 0 Å². The Balaban J connectivity index is 4.26. The van der Waals surface area contributed by atoms with E-state index in [0.717, 1.165) is 77.0 Å². The molecule has 0 heterocycles. The average molecular weight is 1050 g/mol. The molecule has 0 aliphatic rings. The molecule has 0 aromatic carbocycles. The number of hydrogen-bond acceptors (Lipinski definition) is 6. The van der Waals surface area contributed by atoms with Crippen molar-refractivity contribution in [2.45, 2.75) is 374 Å². The highest BCUT2D eigenvalue weighted by molar-refractivity contribution is 5.71. The molecule has 1 atom stereocenters. The van der Waals surface area contributed by atoms with E-state index in [2.05, 4.69) is 57.2 Å². The van der Waals surface area contributed by atoms with Gasteiger partial charge in [0.25, 0.3) is 0 Å². The number of unbranched alkanes of at least 4 members (excludes halogenated alkanes) is 45. The average Bonchev–Trinajstić information content (AvgIpc) is 3.41. The summed E-state index contributed by atoms with van der Waals surface area (Å²) in [6.07, 6.45) is 78.7. The summed E-state index contributed by atoms with van der Waals surface area (Å²) in [4.78, 5) is 38.3. The van der Waals surface area contributed by atoms with E-state index in [-0.39, 0.29) is 31.1 Å². The maximum absolute atomic E-state index is 12.9. The molecule has 0 aliphatic carbocycles. The second kappa shape index (κ2) is 64.2. The molecular weight excluding hydrogens is 925 g/mol. The fourth-order valence-corrected chi connectivity index (χ4v) is 10.1. The predicted molar refractivity (Wildman–Crippen MR) is 326 cm³/mol. The van der Waals surface area contributed by atoms with Gasteiger partial charge in [-0.05, 0) is 77.0 Å². The van der Waals surface area contributed by atoms with Crippen LogP contribution >= 0.6 is 0 Å². The van der Waals surface area contributed by atoms with Crippen molar-refractivity contribution in [3.05, 3.63) is 36.5 Å². The molecule has 0 spiro atoms. The lowest BCUT2D eigenvalue weighted by molar-refractivity contribution is -0.167. The molecule has 0 aromatic rings. The number of carbonyl (C=O) groups is 3. The Morgan fingerprint density at radius 3 is 0.773 bits per heavy atom. The van der Waals surface area contributed by atoms with E-state index in [0.29, 0.717) is 19.3 Å². The summed E-state index contributed by atoms with van der Waals surface area (Å²) in [7, 11) is 0. The Hall–Kier alpha value is -2.37. The number of rotatable bonds is 62. The Bertz CT molecular complexity index is 1250. The van der Waals surface area contributed by atoms with E-state index in [1.165, 1.54) is 250 Å². The minimum absolute atomic E-state index is 0.0720. The maximum atomic E-state index is 12.9. The lowest BCUT2D eigenvalue weighted by Crippen LogP contribution is -2.30. The molecule has 0 aromatic heterocycles. The molecule has 0 radical (unpaired) electrons. The highest BCUT2D eigenvalue weighted by Crippen LogP contribution is 2.18. The SMILES string of the molecule is CCCCC/C=C\C/C=C\CCCCCCCC(=O)OCC(COC(=O)CCCCCCCCCCCCCCC/C=C\CCCCCCCCCC)OC(=O)CCCCCCCCCCCCCCCCCCC. The molecule has 0 N–H and O–H groups in total. The van der Waals surface area contributed by atoms with E-state index in [9.17, 15) is 14.4 Å². The third kappa shape index (κ3) is 62.4. The molecular formula is C69H128O6. The largest absolute Gasteiger partial charge is 0.462 e. The van der Waals surface area contributed by atoms with Crippen LogP contribution in [0.15, 0.2) is 36.5 Å². The Labute approximate surface area is 467 Å². The first-order valence-electron chi connectivity index (χ1n) is 33.5. The van der Waals surface area contributed by atoms with Gasteiger partial charge in [0.2, 0.25) is 0 Å². The molecule has 440 valence electrons. The molecule has 1 unspecified atom stereocenters. The highest BCUT2D eigenvalue weighted by atomic mass is 16.6. The zero-order chi connectivity index (χ0) is 54.3. The first kappa shape index (κ1) is 72.6. The van der Waals surface area contributed by atoms with Crippen molar-refractivity contribution in [1.29, 1.82) is 0 Å². The number of hydrogen-bond donors (Lipinski definition) is 0. The summed E-state index contributed by atoms with van der Waals surface area (Å²) in [5, 5.41) is 0. The van der Waals surface area contributed by atoms with Gasteiger partial charge in [-0.3, -0.25) is 14.4 Å². The quantitative estimate of drug-likeness (QED) is 0.0261. The van der Waals surface area contributed by atoms with Gasteiger partial charge in [-0.1, -0.05) is 308 Å². The topological polar surface area (TPSA) is 78.9 Å². The van der Waals surface area contributed by atoms with Gasteiger partial charge < -0.3 is 14.2 Å². The van der Waals surface area contributed by atoms with Gasteiger partial charge in [0, 0.05) is 19.3 Å². The van der Waals surface area contributed by atoms with Crippen LogP contribution in [0, 0.1) is 0 Å². The van der Waals surface area contributed by atoms with E-state index in [1.807, 2.05) is 0 Å². The summed E-state index contributed by atoms with van der Waals surface area (Å²) >= 11 is 0. The van der Waals surface area contributed by atoms with Gasteiger partial charge >= 0.3 is 17.9 Å². The lowest BCUT2D eigenvalue weighted by atomic mass is 10.0. The fourth-order valence-electron chi connectivity index (χ4n) is 10.1. The lowest BCUT2D eigenvalue weighted by Gasteiger charge is -2.18. The second-order valence-electron chi connectivity index (χ2n) is 22.7. The number of ether oxygens (including phenoxy) is 3. The molecule has 0 fully saturated rings. The monoisotopic (exact) mass is 1050 g/mol. The van der Waals surface area contributed by atoms with E-state index in [4.69, 9.17) is 14.2 Å². The first-order chi connectivity index (χ1) is 37.0. The van der Waals surface area contributed by atoms with Crippen molar-refractivity contribution in [2.75, 3.05) is 13.2 Å². The Morgan fingerprint density at radius 2 is 0.480 bits per heavy atom. The third-order valence-corrected chi connectivity index (χ3v) is 15.1. The normalized spacial score (nSPS) is 12.2. The summed E-state index contributed by atoms with van der Waals surface area (Å²) < 4.78 is 17.0. The predicted octanol–water partition coefficient (Wildman–Crippen LogP) is 22.8. The van der Waals surface area contributed by atoms with Crippen LogP contribution in [0.2, 0.25) is 0 Å². The van der Waals surface area contributed by atoms with Gasteiger partial charge in [-0.2, -0.15) is 0 Å². The molecule has 0 amide bonds. The van der Waals surface area contributed by atoms with Crippen LogP contribution in [-0.4, -0.2) is 37.2 Å². The molecule has 75 heavy (non-hydrogen) atoms. The minimum atomic E-state index is -0.776. The molecule has 0 bridgehead atoms. The molecule has 6 nitrogen and oxygen atoms in total. The van der Waals surface area contributed by atoms with Crippen LogP contribution in [0.4, 0.5) is 0 Å². The van der Waals surface area contributed by atoms with Crippen molar-refractivity contribution >= 4 is 17.9 Å². The van der Waals surface area contributed by atoms with Gasteiger partial charge in [0.1, 0.15) is 13.2 Å². The molecule has 6 heteroatoms. The van der Waals surface area contributed by atoms with Crippen LogP contribution in [-0.2, 0) is 28.6 Å². The number of esters is 3. The molecule has 0 aliphatic heterocycles. The molecule has 0 saturated carbocycles. The molecule has 0 saturated heterocycles. The summed E-state index contributed by atoms with van der Waals surface area (Å²) in [5.41, 5.74) is 0. The minimum Gasteiger partial charge on any atom is -0.462 e. The zero-order valence-corrected chi connectivity index (χ0v) is 50.6. The highest BCUT2D eigenvalue weighted by Gasteiger charge is 2.19. The van der Waals surface area contributed by atoms with Gasteiger partial charge in [-0.25, -0.2) is 0 Å². The van der Waals surface area contributed by atoms with E-state index < -0.39 is 6.10 Å². The Morgan fingerprint density at radius 1 is 0.267 bits per heavy atom. The van der Waals surface area contributed by atoms with Gasteiger partial charge in [-0.15, -0.1) is 0 Å². The maximum Gasteiger partial charge on any atom is 0.306 e. The third-order valence-electron chi connectivity index (χ3n) is 15.1. The van der Waals surface area contributed by atoms with Crippen LogP contribution in [0.5, 0.6) is 0 Å². The van der Waals surface area contributed by atoms with Crippen molar-refractivity contribution in [2.24, 2.45) is 0 Å². The first-order valence-corrected chi connectivity index (χ1v) is 33.5. The smallest absolute Gasteiger partial charge is 0.306 e. The van der Waals surface area contributed by atoms with Gasteiger partial charge in [0.15, 0.2) is 6.10 Å². The van der Waals surface area contributed by atoms with Crippen molar-refractivity contribution in [1.82, 2.24) is 0 Å². The molecule has 0 rings (SSSR count). The summed E-state index contributed by atoms with van der Waals surface area (Å²) in [6, 6.07) is 0. The van der Waals surface area contributed by atoms with Crippen molar-refractivity contribution in [3.63, 3.8) is 0 Å². The summed E-state index contributed by atoms with van der Waals surface area (Å²) in [5.74, 6) is -0.860. The standard InChI is InChI=1S/C69H128O6/c1-4-7-10-13-16-19-22-25-28-30-31-32-33-34-35-36-37-39-41-44-47-50-53-56-59-62-68(71)74-65-66(64-73-67(70)61-58-55-52-49-46-43-40-27-24-21-18-15-12-9-6-3)75-69(72)63-60-57-54-51-48-45-42-38-29-26-23-20-17-14-11-8-5-2/h18,21,27,30-31,40,66H,4-17,19-20,22-26,28-29,32-39,41-65H2,1-3H3/b21-18-,31-30-,40-27-. The van der Waals surface area contributed by atoms with Crippen LogP contribution in [0.1, 0.15) is 367 Å². The van der Waals surface area contributed by atoms with Crippen LogP contribution in [0.3, 0.4) is 0 Å². The van der Waals surface area contributed by atoms with Crippen molar-refractivity contribution < 1.29 is 28.6 Å². The fraction of sp³-hybridized carbons (Fsp3) is 0.870. The van der Waals surface area contributed by atoms with E-state index >= 15 is 0 Å².